The Morgan fingerprint density at radius 3 is 2.77 bits per heavy atom. The van der Waals surface area contributed by atoms with Crippen LogP contribution in [0.1, 0.15) is 36.8 Å². The van der Waals surface area contributed by atoms with Crippen LogP contribution in [0.4, 0.5) is 5.69 Å². The van der Waals surface area contributed by atoms with E-state index in [-0.39, 0.29) is 6.04 Å². The maximum absolute atomic E-state index is 4.85. The molecule has 0 spiro atoms. The van der Waals surface area contributed by atoms with E-state index in [0.29, 0.717) is 6.54 Å². The molecule has 0 aliphatic carbocycles. The molecule has 134 valence electrons. The predicted octanol–water partition coefficient (Wildman–Crippen LogP) is 4.09. The number of aryl methyl sites for hydroxylation is 2. The van der Waals surface area contributed by atoms with Crippen molar-refractivity contribution in [2.75, 3.05) is 5.32 Å². The lowest BCUT2D eigenvalue weighted by molar-refractivity contribution is 0.547. The van der Waals surface area contributed by atoms with E-state index in [1.165, 1.54) is 0 Å². The van der Waals surface area contributed by atoms with Gasteiger partial charge in [-0.1, -0.05) is 0 Å². The van der Waals surface area contributed by atoms with Gasteiger partial charge in [-0.3, -0.25) is 9.78 Å². The van der Waals surface area contributed by atoms with Gasteiger partial charge < -0.3 is 5.32 Å². The molecule has 4 heterocycles. The van der Waals surface area contributed by atoms with Gasteiger partial charge in [0.15, 0.2) is 0 Å². The molecular weight excluding hydrogens is 346 g/mol. The fraction of sp³-hybridized carbons (Fsp3) is 0.333. The molecule has 2 N–H and O–H groups in total. The highest BCUT2D eigenvalue weighted by atomic mass is 32.1. The molecular formula is C18H21N7S. The fourth-order valence-corrected chi connectivity index (χ4v) is 3.60. The number of nitrogens with one attached hydrogen (secondary N) is 2. The Bertz CT molecular complexity index is 1040. The molecule has 7 nitrogen and oxygen atoms in total. The van der Waals surface area contributed by atoms with Gasteiger partial charge in [-0.2, -0.15) is 10.2 Å². The number of H-pyrrole nitrogens is 1. The Kier molecular flexibility index (Phi) is 4.20. The van der Waals surface area contributed by atoms with Crippen LogP contribution in [0.2, 0.25) is 0 Å². The van der Waals surface area contributed by atoms with Gasteiger partial charge in [-0.15, -0.1) is 11.3 Å². The summed E-state index contributed by atoms with van der Waals surface area (Å²) in [7, 11) is 0. The predicted molar refractivity (Wildman–Crippen MR) is 104 cm³/mol. The molecule has 26 heavy (non-hydrogen) atoms. The van der Waals surface area contributed by atoms with Crippen LogP contribution in [0.3, 0.4) is 0 Å². The van der Waals surface area contributed by atoms with Crippen LogP contribution < -0.4 is 5.32 Å². The van der Waals surface area contributed by atoms with E-state index in [2.05, 4.69) is 40.4 Å². The first-order chi connectivity index (χ1) is 12.5. The first-order valence-corrected chi connectivity index (χ1v) is 9.45. The standard InChI is InChI=1S/C18H21N7S/c1-10(2)25-17-14(20-8-13-9-21-23-11(13)3)7-15(18-19-5-6-26-18)22-16(17)12(4)24-25/h5-7,9-10H,8H2,1-4H3,(H,20,22)(H,21,23). The molecule has 0 atom stereocenters. The van der Waals surface area contributed by atoms with E-state index < -0.39 is 0 Å². The van der Waals surface area contributed by atoms with Gasteiger partial charge in [0.2, 0.25) is 0 Å². The van der Waals surface area contributed by atoms with Crippen LogP contribution in [-0.4, -0.2) is 29.9 Å². The van der Waals surface area contributed by atoms with Gasteiger partial charge in [0.25, 0.3) is 0 Å². The number of aromatic amines is 1. The minimum Gasteiger partial charge on any atom is -0.379 e. The SMILES string of the molecule is Cc1n[nH]cc1CNc1cc(-c2nccs2)nc2c(C)nn(C(C)C)c12. The van der Waals surface area contributed by atoms with E-state index in [1.807, 2.05) is 30.1 Å². The highest BCUT2D eigenvalue weighted by Gasteiger charge is 2.18. The Morgan fingerprint density at radius 2 is 2.12 bits per heavy atom. The van der Waals surface area contributed by atoms with Crippen molar-refractivity contribution < 1.29 is 0 Å². The molecule has 0 bridgehead atoms. The van der Waals surface area contributed by atoms with Crippen LogP contribution in [0.25, 0.3) is 21.7 Å². The number of anilines is 1. The Labute approximate surface area is 155 Å². The molecule has 4 aromatic heterocycles. The molecule has 8 heteroatoms. The van der Waals surface area contributed by atoms with Crippen molar-refractivity contribution in [1.82, 2.24) is 29.9 Å². The summed E-state index contributed by atoms with van der Waals surface area (Å²) in [6.45, 7) is 8.94. The topological polar surface area (TPSA) is 84.3 Å². The fourth-order valence-electron chi connectivity index (χ4n) is 3.00. The molecule has 0 aliphatic rings. The largest absolute Gasteiger partial charge is 0.379 e. The number of nitrogens with zero attached hydrogens (tertiary/aromatic N) is 5. The lowest BCUT2D eigenvalue weighted by atomic mass is 10.2. The molecule has 0 aliphatic heterocycles. The van der Waals surface area contributed by atoms with Gasteiger partial charge in [0, 0.05) is 35.9 Å². The molecule has 0 radical (unpaired) electrons. The first kappa shape index (κ1) is 16.7. The molecule has 0 fully saturated rings. The summed E-state index contributed by atoms with van der Waals surface area (Å²) in [6.07, 6.45) is 3.73. The number of hydrogen-bond donors (Lipinski definition) is 2. The van der Waals surface area contributed by atoms with Crippen molar-refractivity contribution in [2.24, 2.45) is 0 Å². The zero-order valence-electron chi connectivity index (χ0n) is 15.2. The maximum atomic E-state index is 4.85. The molecule has 0 unspecified atom stereocenters. The van der Waals surface area contributed by atoms with Crippen molar-refractivity contribution in [3.8, 4) is 10.7 Å². The summed E-state index contributed by atoms with van der Waals surface area (Å²) >= 11 is 1.59. The molecule has 4 aromatic rings. The summed E-state index contributed by atoms with van der Waals surface area (Å²) in [5, 5.41) is 18.3. The van der Waals surface area contributed by atoms with Crippen LogP contribution in [0.5, 0.6) is 0 Å². The first-order valence-electron chi connectivity index (χ1n) is 8.57. The minimum absolute atomic E-state index is 0.245. The average molecular weight is 367 g/mol. The Hall–Kier alpha value is -2.74. The Morgan fingerprint density at radius 1 is 1.27 bits per heavy atom. The van der Waals surface area contributed by atoms with E-state index in [9.17, 15) is 0 Å². The van der Waals surface area contributed by atoms with Gasteiger partial charge in [-0.25, -0.2) is 9.97 Å². The average Bonchev–Trinajstić information content (AvgIpc) is 3.34. The van der Waals surface area contributed by atoms with E-state index in [0.717, 1.165) is 44.4 Å². The van der Waals surface area contributed by atoms with Crippen LogP contribution >= 0.6 is 11.3 Å². The molecule has 0 amide bonds. The summed E-state index contributed by atoms with van der Waals surface area (Å²) in [5.74, 6) is 0. The number of rotatable bonds is 5. The third-order valence-corrected chi connectivity index (χ3v) is 5.16. The smallest absolute Gasteiger partial charge is 0.141 e. The molecule has 4 rings (SSSR count). The highest BCUT2D eigenvalue weighted by Crippen LogP contribution is 2.32. The molecule has 0 saturated carbocycles. The number of fused-ring (bicyclic) bond motifs is 1. The lowest BCUT2D eigenvalue weighted by Crippen LogP contribution is -2.07. The summed E-state index contributed by atoms with van der Waals surface area (Å²) in [5.41, 5.74) is 6.88. The summed E-state index contributed by atoms with van der Waals surface area (Å²) in [6, 6.07) is 2.31. The van der Waals surface area contributed by atoms with Gasteiger partial charge >= 0.3 is 0 Å². The van der Waals surface area contributed by atoms with E-state index in [4.69, 9.17) is 10.1 Å². The monoisotopic (exact) mass is 367 g/mol. The summed E-state index contributed by atoms with van der Waals surface area (Å²) < 4.78 is 2.04. The number of aromatic nitrogens is 6. The Balaban J connectivity index is 1.85. The van der Waals surface area contributed by atoms with Crippen LogP contribution in [0.15, 0.2) is 23.8 Å². The van der Waals surface area contributed by atoms with E-state index in [1.54, 1.807) is 17.5 Å². The number of hydrogen-bond acceptors (Lipinski definition) is 6. The van der Waals surface area contributed by atoms with Gasteiger partial charge in [0.1, 0.15) is 21.7 Å². The second-order valence-electron chi connectivity index (χ2n) is 6.56. The lowest BCUT2D eigenvalue weighted by Gasteiger charge is -2.13. The van der Waals surface area contributed by atoms with Crippen molar-refractivity contribution in [1.29, 1.82) is 0 Å². The normalized spacial score (nSPS) is 11.6. The van der Waals surface area contributed by atoms with Crippen LogP contribution in [0, 0.1) is 13.8 Å². The van der Waals surface area contributed by atoms with Crippen LogP contribution in [-0.2, 0) is 6.54 Å². The maximum Gasteiger partial charge on any atom is 0.141 e. The second-order valence-corrected chi connectivity index (χ2v) is 7.46. The third kappa shape index (κ3) is 2.86. The van der Waals surface area contributed by atoms with Crippen molar-refractivity contribution in [2.45, 2.75) is 40.3 Å². The zero-order chi connectivity index (χ0) is 18.3. The van der Waals surface area contributed by atoms with Crippen molar-refractivity contribution >= 4 is 28.1 Å². The minimum atomic E-state index is 0.245. The third-order valence-electron chi connectivity index (χ3n) is 4.37. The van der Waals surface area contributed by atoms with Crippen molar-refractivity contribution in [3.05, 3.63) is 40.8 Å². The quantitative estimate of drug-likeness (QED) is 0.555. The summed E-state index contributed by atoms with van der Waals surface area (Å²) in [4.78, 5) is 9.27. The zero-order valence-corrected chi connectivity index (χ0v) is 16.1. The molecule has 0 saturated heterocycles. The number of thiazole rings is 1. The van der Waals surface area contributed by atoms with Crippen molar-refractivity contribution in [3.63, 3.8) is 0 Å². The van der Waals surface area contributed by atoms with E-state index >= 15 is 0 Å². The second kappa shape index (κ2) is 6.53. The van der Waals surface area contributed by atoms with Gasteiger partial charge in [0.05, 0.1) is 17.1 Å². The van der Waals surface area contributed by atoms with Gasteiger partial charge in [-0.05, 0) is 33.8 Å². The number of pyridine rings is 1. The highest BCUT2D eigenvalue weighted by molar-refractivity contribution is 7.13. The molecule has 0 aromatic carbocycles.